The lowest BCUT2D eigenvalue weighted by Crippen LogP contribution is -2.31. The Morgan fingerprint density at radius 1 is 1.11 bits per heavy atom. The summed E-state index contributed by atoms with van der Waals surface area (Å²) in [6.07, 6.45) is 6.63. The highest BCUT2D eigenvalue weighted by Crippen LogP contribution is 2.26. The molecular formula is C16H26O2Si. The highest BCUT2D eigenvalue weighted by atomic mass is 28.3. The Labute approximate surface area is 118 Å². The third-order valence-corrected chi connectivity index (χ3v) is 7.29. The lowest BCUT2D eigenvalue weighted by atomic mass is 10.3. The van der Waals surface area contributed by atoms with Gasteiger partial charge < -0.3 is 4.74 Å². The number of ether oxygens (including phenoxy) is 1. The minimum atomic E-state index is -1.78. The Morgan fingerprint density at radius 2 is 1.58 bits per heavy atom. The summed E-state index contributed by atoms with van der Waals surface area (Å²) in [6, 6.07) is 2.76. The molecule has 0 unspecified atom stereocenters. The summed E-state index contributed by atoms with van der Waals surface area (Å²) >= 11 is 0. The summed E-state index contributed by atoms with van der Waals surface area (Å²) in [5.41, 5.74) is 2.82. The third kappa shape index (κ3) is 6.39. The Bertz CT molecular complexity index is 329. The number of esters is 1. The fourth-order valence-corrected chi connectivity index (χ4v) is 5.73. The van der Waals surface area contributed by atoms with Gasteiger partial charge in [0.25, 0.3) is 0 Å². The van der Waals surface area contributed by atoms with Crippen molar-refractivity contribution in [2.45, 2.75) is 38.4 Å². The maximum atomic E-state index is 11.8. The maximum absolute atomic E-state index is 11.8. The second-order valence-corrected chi connectivity index (χ2v) is 9.04. The van der Waals surface area contributed by atoms with E-state index in [1.165, 1.54) is 0 Å². The van der Waals surface area contributed by atoms with Crippen molar-refractivity contribution < 1.29 is 9.53 Å². The van der Waals surface area contributed by atoms with E-state index >= 15 is 0 Å². The van der Waals surface area contributed by atoms with Crippen LogP contribution in [0.2, 0.25) is 18.1 Å². The van der Waals surface area contributed by atoms with Gasteiger partial charge in [-0.05, 0) is 31.5 Å². The molecule has 0 spiro atoms. The van der Waals surface area contributed by atoms with E-state index in [0.717, 1.165) is 24.6 Å². The molecule has 2 nitrogen and oxygen atoms in total. The number of allylic oxidation sites excluding steroid dienone is 3. The van der Waals surface area contributed by atoms with Crippen LogP contribution in [-0.4, -0.2) is 20.7 Å². The van der Waals surface area contributed by atoms with Crippen LogP contribution >= 0.6 is 0 Å². The van der Waals surface area contributed by atoms with Crippen LogP contribution < -0.4 is 0 Å². The van der Waals surface area contributed by atoms with Gasteiger partial charge in [-0.1, -0.05) is 30.9 Å². The van der Waals surface area contributed by atoms with Crippen molar-refractivity contribution in [1.82, 2.24) is 0 Å². The van der Waals surface area contributed by atoms with Gasteiger partial charge in [0.2, 0.25) is 0 Å². The lowest BCUT2D eigenvalue weighted by Gasteiger charge is -2.25. The van der Waals surface area contributed by atoms with Gasteiger partial charge in [0.15, 0.2) is 0 Å². The Hall–Kier alpha value is -1.35. The smallest absolute Gasteiger partial charge is 0.332 e. The molecule has 0 aromatic heterocycles. The average Bonchev–Trinajstić information content (AvgIpc) is 2.36. The van der Waals surface area contributed by atoms with Gasteiger partial charge in [-0.2, -0.15) is 0 Å². The first kappa shape index (κ1) is 17.6. The van der Waals surface area contributed by atoms with Gasteiger partial charge in [-0.15, -0.1) is 19.7 Å². The van der Waals surface area contributed by atoms with Crippen molar-refractivity contribution >= 4 is 14.0 Å². The van der Waals surface area contributed by atoms with Gasteiger partial charge >= 0.3 is 5.97 Å². The highest BCUT2D eigenvalue weighted by Gasteiger charge is 2.27. The van der Waals surface area contributed by atoms with Gasteiger partial charge in [-0.25, -0.2) is 4.79 Å². The Balaban J connectivity index is 5.12. The van der Waals surface area contributed by atoms with E-state index in [0.29, 0.717) is 12.2 Å². The average molecular weight is 278 g/mol. The molecule has 0 aliphatic rings. The van der Waals surface area contributed by atoms with Crippen molar-refractivity contribution in [3.63, 3.8) is 0 Å². The van der Waals surface area contributed by atoms with Crippen LogP contribution in [-0.2, 0) is 9.53 Å². The topological polar surface area (TPSA) is 26.3 Å². The van der Waals surface area contributed by atoms with Gasteiger partial charge in [-0.3, -0.25) is 0 Å². The molecule has 0 atom stereocenters. The zero-order valence-corrected chi connectivity index (χ0v) is 13.3. The first-order valence-corrected chi connectivity index (χ1v) is 9.44. The summed E-state index contributed by atoms with van der Waals surface area (Å²) in [7, 11) is -1.78. The number of hydrogen-bond acceptors (Lipinski definition) is 2. The summed E-state index contributed by atoms with van der Waals surface area (Å²) < 4.78 is 5.17. The molecule has 0 saturated heterocycles. The van der Waals surface area contributed by atoms with E-state index < -0.39 is 8.07 Å². The number of hydrogen-bond donors (Lipinski definition) is 0. The molecule has 3 heteroatoms. The predicted octanol–water partition coefficient (Wildman–Crippen LogP) is 4.43. The summed E-state index contributed by atoms with van der Waals surface area (Å²) in [5, 5.41) is 0. The van der Waals surface area contributed by atoms with E-state index in [9.17, 15) is 4.79 Å². The quantitative estimate of drug-likeness (QED) is 0.256. The van der Waals surface area contributed by atoms with Crippen LogP contribution in [0.4, 0.5) is 0 Å². The van der Waals surface area contributed by atoms with E-state index in [2.05, 4.69) is 25.4 Å². The standard InChI is InChI=1S/C16H26O2Si/c1-6-10-18-16(17)15(5)14-19(11-7-2,12-8-3)13-9-4/h7-9,14H,2-4,6,10-13H2,1,5H3. The summed E-state index contributed by atoms with van der Waals surface area (Å²) in [4.78, 5) is 11.8. The van der Waals surface area contributed by atoms with E-state index in [1.54, 1.807) is 0 Å². The predicted molar refractivity (Wildman–Crippen MR) is 85.8 cm³/mol. The number of rotatable bonds is 10. The molecule has 0 rings (SSSR count). The molecule has 0 radical (unpaired) electrons. The van der Waals surface area contributed by atoms with Crippen LogP contribution in [0, 0.1) is 0 Å². The second kappa shape index (κ2) is 9.56. The zero-order chi connectivity index (χ0) is 14.7. The molecule has 19 heavy (non-hydrogen) atoms. The SMILES string of the molecule is C=CC[Si](C=C(C)C(=O)OCCC)(CC=C)CC=C. The van der Waals surface area contributed by atoms with Crippen LogP contribution in [0.5, 0.6) is 0 Å². The molecule has 0 N–H and O–H groups in total. The van der Waals surface area contributed by atoms with Gasteiger partial charge in [0.1, 0.15) is 0 Å². The van der Waals surface area contributed by atoms with Crippen molar-refractivity contribution in [2.24, 2.45) is 0 Å². The fourth-order valence-electron chi connectivity index (χ4n) is 2.12. The minimum absolute atomic E-state index is 0.212. The largest absolute Gasteiger partial charge is 0.462 e. The number of carbonyl (C=O) groups excluding carboxylic acids is 1. The molecule has 0 aromatic rings. The summed E-state index contributed by atoms with van der Waals surface area (Å²) in [5.74, 6) is -0.212. The molecule has 106 valence electrons. The van der Waals surface area contributed by atoms with E-state index in [4.69, 9.17) is 4.74 Å². The van der Waals surface area contributed by atoms with Gasteiger partial charge in [0, 0.05) is 5.57 Å². The molecular weight excluding hydrogens is 252 g/mol. The Kier molecular flexibility index (Phi) is 8.88. The molecule has 0 aromatic carbocycles. The van der Waals surface area contributed by atoms with Crippen LogP contribution in [0.25, 0.3) is 0 Å². The molecule has 0 aliphatic carbocycles. The van der Waals surface area contributed by atoms with Crippen molar-refractivity contribution in [3.8, 4) is 0 Å². The van der Waals surface area contributed by atoms with Crippen molar-refractivity contribution in [3.05, 3.63) is 49.2 Å². The minimum Gasteiger partial charge on any atom is -0.462 e. The van der Waals surface area contributed by atoms with Crippen LogP contribution in [0.1, 0.15) is 20.3 Å². The molecule has 0 bridgehead atoms. The van der Waals surface area contributed by atoms with Crippen molar-refractivity contribution in [1.29, 1.82) is 0 Å². The first-order valence-electron chi connectivity index (χ1n) is 6.74. The molecule has 0 amide bonds. The van der Waals surface area contributed by atoms with Crippen molar-refractivity contribution in [2.75, 3.05) is 6.61 Å². The monoisotopic (exact) mass is 278 g/mol. The van der Waals surface area contributed by atoms with E-state index in [1.807, 2.05) is 32.1 Å². The Morgan fingerprint density at radius 3 is 1.95 bits per heavy atom. The van der Waals surface area contributed by atoms with Crippen LogP contribution in [0.3, 0.4) is 0 Å². The molecule has 0 heterocycles. The fraction of sp³-hybridized carbons (Fsp3) is 0.438. The first-order chi connectivity index (χ1) is 9.05. The van der Waals surface area contributed by atoms with E-state index in [-0.39, 0.29) is 5.97 Å². The summed E-state index contributed by atoms with van der Waals surface area (Å²) in [6.45, 7) is 15.8. The molecule has 0 saturated carbocycles. The number of carbonyl (C=O) groups is 1. The molecule has 0 fully saturated rings. The highest BCUT2D eigenvalue weighted by molar-refractivity contribution is 6.85. The molecule has 0 aliphatic heterocycles. The lowest BCUT2D eigenvalue weighted by molar-refractivity contribution is -0.138. The maximum Gasteiger partial charge on any atom is 0.332 e. The zero-order valence-electron chi connectivity index (χ0n) is 12.3. The third-order valence-electron chi connectivity index (χ3n) is 2.93. The van der Waals surface area contributed by atoms with Crippen LogP contribution in [0.15, 0.2) is 49.2 Å². The normalized spacial score (nSPS) is 11.8. The van der Waals surface area contributed by atoms with Gasteiger partial charge in [0.05, 0.1) is 14.7 Å². The second-order valence-electron chi connectivity index (χ2n) is 4.80.